The molecule has 1 atom stereocenters. The molecule has 1 unspecified atom stereocenters. The monoisotopic (exact) mass is 415 g/mol. The molecule has 7 nitrogen and oxygen atoms in total. The summed E-state index contributed by atoms with van der Waals surface area (Å²) in [6, 6.07) is 0.525. The summed E-state index contributed by atoms with van der Waals surface area (Å²) < 4.78 is 2.36. The van der Waals surface area contributed by atoms with Crippen molar-refractivity contribution < 1.29 is 0 Å². The van der Waals surface area contributed by atoms with E-state index in [1.807, 2.05) is 0 Å². The van der Waals surface area contributed by atoms with Crippen molar-refractivity contribution in [2.45, 2.75) is 90.1 Å². The summed E-state index contributed by atoms with van der Waals surface area (Å²) in [4.78, 5) is 7.51. The molecule has 1 aliphatic carbocycles. The van der Waals surface area contributed by atoms with Crippen molar-refractivity contribution in [2.75, 3.05) is 32.7 Å². The highest BCUT2D eigenvalue weighted by atomic mass is 15.3. The zero-order valence-corrected chi connectivity index (χ0v) is 18.9. The largest absolute Gasteiger partial charge is 0.357 e. The minimum Gasteiger partial charge on any atom is -0.357 e. The number of nitrogens with one attached hydrogen (secondary N) is 2. The van der Waals surface area contributed by atoms with Crippen LogP contribution in [0.15, 0.2) is 4.99 Å². The molecule has 4 rings (SSSR count). The van der Waals surface area contributed by atoms with E-state index in [-0.39, 0.29) is 0 Å². The number of hydrogen-bond acceptors (Lipinski definition) is 4. The van der Waals surface area contributed by atoms with E-state index in [9.17, 15) is 0 Å². The lowest BCUT2D eigenvalue weighted by molar-refractivity contribution is 0.275. The van der Waals surface area contributed by atoms with Crippen LogP contribution in [-0.2, 0) is 19.4 Å². The second-order valence-electron chi connectivity index (χ2n) is 9.40. The zero-order valence-electron chi connectivity index (χ0n) is 18.9. The molecule has 1 aromatic rings. The van der Waals surface area contributed by atoms with E-state index in [1.165, 1.54) is 70.3 Å². The molecule has 7 heteroatoms. The van der Waals surface area contributed by atoms with Gasteiger partial charge < -0.3 is 20.1 Å². The van der Waals surface area contributed by atoms with Gasteiger partial charge in [-0.25, -0.2) is 0 Å². The fourth-order valence-electron chi connectivity index (χ4n) is 5.35. The second-order valence-corrected chi connectivity index (χ2v) is 9.40. The molecule has 1 saturated carbocycles. The number of fused-ring (bicyclic) bond motifs is 1. The Morgan fingerprint density at radius 3 is 2.83 bits per heavy atom. The Morgan fingerprint density at radius 2 is 1.97 bits per heavy atom. The lowest BCUT2D eigenvalue weighted by Crippen LogP contribution is -2.44. The molecule has 2 aliphatic heterocycles. The fourth-order valence-corrected chi connectivity index (χ4v) is 5.35. The third-order valence-electron chi connectivity index (χ3n) is 6.96. The molecule has 168 valence electrons. The molecule has 3 heterocycles. The number of aryl methyl sites for hydroxylation is 2. The van der Waals surface area contributed by atoms with Crippen LogP contribution in [-0.4, -0.2) is 64.4 Å². The Hall–Kier alpha value is -1.63. The van der Waals surface area contributed by atoms with E-state index in [0.29, 0.717) is 6.04 Å². The van der Waals surface area contributed by atoms with Crippen molar-refractivity contribution in [1.82, 2.24) is 30.3 Å². The maximum absolute atomic E-state index is 4.85. The molecule has 0 radical (unpaired) electrons. The predicted octanol–water partition coefficient (Wildman–Crippen LogP) is 2.76. The van der Waals surface area contributed by atoms with Crippen molar-refractivity contribution in [3.63, 3.8) is 0 Å². The number of aromatic nitrogens is 3. The molecular weight excluding hydrogens is 374 g/mol. The van der Waals surface area contributed by atoms with Crippen LogP contribution in [0.25, 0.3) is 0 Å². The van der Waals surface area contributed by atoms with Crippen LogP contribution < -0.4 is 10.6 Å². The highest BCUT2D eigenvalue weighted by Crippen LogP contribution is 2.26. The van der Waals surface area contributed by atoms with Crippen molar-refractivity contribution in [3.8, 4) is 0 Å². The van der Waals surface area contributed by atoms with Crippen LogP contribution in [0.2, 0.25) is 0 Å². The Morgan fingerprint density at radius 1 is 1.07 bits per heavy atom. The number of aliphatic imine (C=N–C) groups is 1. The molecule has 2 N–H and O–H groups in total. The first-order valence-electron chi connectivity index (χ1n) is 12.5. The maximum atomic E-state index is 4.85. The van der Waals surface area contributed by atoms with Gasteiger partial charge >= 0.3 is 0 Å². The van der Waals surface area contributed by atoms with Crippen LogP contribution in [0.1, 0.15) is 76.4 Å². The quantitative estimate of drug-likeness (QED) is 0.388. The van der Waals surface area contributed by atoms with Gasteiger partial charge in [0.05, 0.1) is 0 Å². The number of rotatable bonds is 8. The maximum Gasteiger partial charge on any atom is 0.191 e. The summed E-state index contributed by atoms with van der Waals surface area (Å²) in [7, 11) is 0. The van der Waals surface area contributed by atoms with Gasteiger partial charge in [0.15, 0.2) is 5.96 Å². The topological polar surface area (TPSA) is 70.4 Å². The van der Waals surface area contributed by atoms with Crippen molar-refractivity contribution in [1.29, 1.82) is 0 Å². The Kier molecular flexibility index (Phi) is 8.01. The van der Waals surface area contributed by atoms with Crippen molar-refractivity contribution in [3.05, 3.63) is 11.6 Å². The summed E-state index contributed by atoms with van der Waals surface area (Å²) in [5.74, 6) is 4.26. The van der Waals surface area contributed by atoms with Gasteiger partial charge in [0.1, 0.15) is 11.6 Å². The van der Waals surface area contributed by atoms with E-state index in [1.54, 1.807) is 0 Å². The van der Waals surface area contributed by atoms with E-state index >= 15 is 0 Å². The number of guanidine groups is 1. The van der Waals surface area contributed by atoms with E-state index < -0.39 is 0 Å². The average Bonchev–Trinajstić information content (AvgIpc) is 3.46. The first-order chi connectivity index (χ1) is 14.8. The number of nitrogens with zero attached hydrogens (tertiary/aromatic N) is 5. The fraction of sp³-hybridized carbons (Fsp3) is 0.870. The summed E-state index contributed by atoms with van der Waals surface area (Å²) in [5.41, 5.74) is 0. The van der Waals surface area contributed by atoms with Gasteiger partial charge in [-0.2, -0.15) is 0 Å². The second kappa shape index (κ2) is 11.1. The normalized spacial score (nSPS) is 23.5. The summed E-state index contributed by atoms with van der Waals surface area (Å²) in [6.07, 6.45) is 13.9. The summed E-state index contributed by atoms with van der Waals surface area (Å²) >= 11 is 0. The third-order valence-corrected chi connectivity index (χ3v) is 6.96. The summed E-state index contributed by atoms with van der Waals surface area (Å²) in [6.45, 7) is 8.65. The molecule has 0 bridgehead atoms. The smallest absolute Gasteiger partial charge is 0.191 e. The molecule has 0 amide bonds. The molecule has 30 heavy (non-hydrogen) atoms. The van der Waals surface area contributed by atoms with Gasteiger partial charge in [0.2, 0.25) is 0 Å². The Bertz CT molecular complexity index is 677. The lowest BCUT2D eigenvalue weighted by Gasteiger charge is -2.21. The first kappa shape index (κ1) is 21.6. The van der Waals surface area contributed by atoms with Crippen LogP contribution in [0.3, 0.4) is 0 Å². The minimum absolute atomic E-state index is 0.525. The highest BCUT2D eigenvalue weighted by molar-refractivity contribution is 5.80. The minimum atomic E-state index is 0.525. The number of likely N-dealkylation sites (tertiary alicyclic amines) is 1. The SMILES string of the molecule is CCNC(=NCCCc1nnc2n1CCCCC2)NC1CCN(CC2CCCC2)C1. The van der Waals surface area contributed by atoms with Crippen LogP contribution in [0, 0.1) is 5.92 Å². The third kappa shape index (κ3) is 5.96. The van der Waals surface area contributed by atoms with Gasteiger partial charge in [-0.15, -0.1) is 10.2 Å². The van der Waals surface area contributed by atoms with Gasteiger partial charge in [-0.3, -0.25) is 4.99 Å². The Labute approximate surface area is 182 Å². The first-order valence-corrected chi connectivity index (χ1v) is 12.5. The van der Waals surface area contributed by atoms with Crippen molar-refractivity contribution >= 4 is 5.96 Å². The summed E-state index contributed by atoms with van der Waals surface area (Å²) in [5, 5.41) is 16.0. The molecular formula is C23H41N7. The van der Waals surface area contributed by atoms with Gasteiger partial charge in [-0.05, 0) is 51.4 Å². The van der Waals surface area contributed by atoms with Crippen LogP contribution >= 0.6 is 0 Å². The average molecular weight is 416 g/mol. The molecule has 2 fully saturated rings. The van der Waals surface area contributed by atoms with E-state index in [0.717, 1.165) is 63.1 Å². The molecule has 1 saturated heterocycles. The van der Waals surface area contributed by atoms with Gasteiger partial charge in [-0.1, -0.05) is 19.3 Å². The highest BCUT2D eigenvalue weighted by Gasteiger charge is 2.26. The van der Waals surface area contributed by atoms with E-state index in [2.05, 4.69) is 37.2 Å². The van der Waals surface area contributed by atoms with Crippen molar-refractivity contribution in [2.24, 2.45) is 10.9 Å². The van der Waals surface area contributed by atoms with E-state index in [4.69, 9.17) is 4.99 Å². The Balaban J connectivity index is 1.22. The van der Waals surface area contributed by atoms with Gasteiger partial charge in [0.25, 0.3) is 0 Å². The van der Waals surface area contributed by atoms with Crippen LogP contribution in [0.5, 0.6) is 0 Å². The lowest BCUT2D eigenvalue weighted by atomic mass is 10.1. The molecule has 1 aromatic heterocycles. The standard InChI is InChI=1S/C23H41N7/c1-2-24-23(26-20-13-16-29(18-20)17-19-9-5-6-10-19)25-14-8-12-22-28-27-21-11-4-3-7-15-30(21)22/h19-20H,2-18H2,1H3,(H2,24,25,26). The zero-order chi connectivity index (χ0) is 20.6. The van der Waals surface area contributed by atoms with Gasteiger partial charge in [0, 0.05) is 58.2 Å². The number of hydrogen-bond donors (Lipinski definition) is 2. The molecule has 0 spiro atoms. The molecule has 0 aromatic carbocycles. The molecule has 3 aliphatic rings. The predicted molar refractivity (Wildman–Crippen MR) is 122 cm³/mol. The van der Waals surface area contributed by atoms with Crippen LogP contribution in [0.4, 0.5) is 0 Å².